The molecule has 0 saturated carbocycles. The van der Waals surface area contributed by atoms with E-state index in [1.165, 1.54) is 43.5 Å². The van der Waals surface area contributed by atoms with Crippen LogP contribution in [-0.4, -0.2) is 0 Å². The molecule has 21 heavy (non-hydrogen) atoms. The fraction of sp³-hybridized carbons (Fsp3) is 0.263. The smallest absolute Gasteiger partial charge is 0.0571 e. The van der Waals surface area contributed by atoms with E-state index in [1.807, 2.05) is 0 Å². The molecule has 0 aliphatic rings. The Balaban J connectivity index is 2.21. The first-order valence-electron chi connectivity index (χ1n) is 7.29. The molecule has 0 aliphatic carbocycles. The molecular weight excluding hydrogens is 274 g/mol. The third kappa shape index (κ3) is 2.29. The molecule has 0 bridgehead atoms. The Morgan fingerprint density at radius 1 is 0.952 bits per heavy atom. The second kappa shape index (κ2) is 5.28. The minimum absolute atomic E-state index is 0.0558. The molecule has 0 aliphatic heterocycles. The van der Waals surface area contributed by atoms with Crippen LogP contribution in [0.4, 0.5) is 0 Å². The number of aryl methyl sites for hydroxylation is 2. The molecule has 0 spiro atoms. The monoisotopic (exact) mass is 295 g/mol. The third-order valence-corrected chi connectivity index (χ3v) is 5.56. The van der Waals surface area contributed by atoms with E-state index in [4.69, 9.17) is 5.73 Å². The molecule has 108 valence electrons. The van der Waals surface area contributed by atoms with Crippen molar-refractivity contribution in [1.82, 2.24) is 0 Å². The standard InChI is InChI=1S/C19H21NS/c1-11-9-12(2)14(4)18(13(11)3)19(20)16-10-21-17-8-6-5-7-15(16)17/h5-10,19H,20H2,1-4H3. The first-order chi connectivity index (χ1) is 10.0. The van der Waals surface area contributed by atoms with Gasteiger partial charge in [-0.15, -0.1) is 11.3 Å². The summed E-state index contributed by atoms with van der Waals surface area (Å²) >= 11 is 1.78. The van der Waals surface area contributed by atoms with Crippen molar-refractivity contribution < 1.29 is 0 Å². The van der Waals surface area contributed by atoms with Crippen molar-refractivity contribution in [1.29, 1.82) is 0 Å². The molecule has 2 heteroatoms. The SMILES string of the molecule is Cc1cc(C)c(C)c(C(N)c2csc3ccccc23)c1C. The number of thiophene rings is 1. The van der Waals surface area contributed by atoms with Crippen LogP contribution in [0.15, 0.2) is 35.7 Å². The summed E-state index contributed by atoms with van der Waals surface area (Å²) in [6, 6.07) is 10.7. The summed E-state index contributed by atoms with van der Waals surface area (Å²) < 4.78 is 1.31. The summed E-state index contributed by atoms with van der Waals surface area (Å²) in [6.07, 6.45) is 0. The van der Waals surface area contributed by atoms with Crippen LogP contribution in [0.3, 0.4) is 0 Å². The van der Waals surface area contributed by atoms with Crippen molar-refractivity contribution in [3.63, 3.8) is 0 Å². The van der Waals surface area contributed by atoms with Gasteiger partial charge in [0.05, 0.1) is 6.04 Å². The van der Waals surface area contributed by atoms with Crippen LogP contribution in [0.5, 0.6) is 0 Å². The van der Waals surface area contributed by atoms with E-state index < -0.39 is 0 Å². The van der Waals surface area contributed by atoms with Crippen LogP contribution in [-0.2, 0) is 0 Å². The molecule has 0 saturated heterocycles. The van der Waals surface area contributed by atoms with Crippen LogP contribution < -0.4 is 5.73 Å². The lowest BCUT2D eigenvalue weighted by Gasteiger charge is -2.21. The maximum Gasteiger partial charge on any atom is 0.0571 e. The minimum Gasteiger partial charge on any atom is -0.320 e. The van der Waals surface area contributed by atoms with Gasteiger partial charge in [-0.05, 0) is 77.9 Å². The summed E-state index contributed by atoms with van der Waals surface area (Å²) in [5.41, 5.74) is 14.5. The molecule has 3 aromatic rings. The lowest BCUT2D eigenvalue weighted by Crippen LogP contribution is -2.15. The van der Waals surface area contributed by atoms with E-state index >= 15 is 0 Å². The summed E-state index contributed by atoms with van der Waals surface area (Å²) in [4.78, 5) is 0. The number of rotatable bonds is 2. The highest BCUT2D eigenvalue weighted by molar-refractivity contribution is 7.17. The minimum atomic E-state index is -0.0558. The maximum atomic E-state index is 6.67. The third-order valence-electron chi connectivity index (χ3n) is 4.58. The summed E-state index contributed by atoms with van der Waals surface area (Å²) in [7, 11) is 0. The van der Waals surface area contributed by atoms with E-state index in [2.05, 4.69) is 63.4 Å². The number of nitrogens with two attached hydrogens (primary N) is 1. The molecule has 0 fully saturated rings. The number of hydrogen-bond donors (Lipinski definition) is 1. The Morgan fingerprint density at radius 2 is 1.57 bits per heavy atom. The normalized spacial score (nSPS) is 12.8. The first-order valence-corrected chi connectivity index (χ1v) is 8.17. The van der Waals surface area contributed by atoms with Gasteiger partial charge in [0.2, 0.25) is 0 Å². The van der Waals surface area contributed by atoms with Gasteiger partial charge in [0, 0.05) is 4.70 Å². The molecule has 0 radical (unpaired) electrons. The molecule has 0 amide bonds. The predicted molar refractivity (Wildman–Crippen MR) is 93.2 cm³/mol. The second-order valence-electron chi connectivity index (χ2n) is 5.84. The summed E-state index contributed by atoms with van der Waals surface area (Å²) in [5.74, 6) is 0. The fourth-order valence-corrected chi connectivity index (χ4v) is 4.11. The van der Waals surface area contributed by atoms with Gasteiger partial charge < -0.3 is 5.73 Å². The second-order valence-corrected chi connectivity index (χ2v) is 6.75. The molecule has 1 atom stereocenters. The zero-order chi connectivity index (χ0) is 15.1. The van der Waals surface area contributed by atoms with Gasteiger partial charge in [-0.2, -0.15) is 0 Å². The van der Waals surface area contributed by atoms with E-state index in [0.717, 1.165) is 0 Å². The lowest BCUT2D eigenvalue weighted by molar-refractivity contribution is 0.856. The molecule has 1 heterocycles. The van der Waals surface area contributed by atoms with Gasteiger partial charge in [-0.25, -0.2) is 0 Å². The van der Waals surface area contributed by atoms with Gasteiger partial charge in [-0.3, -0.25) is 0 Å². The lowest BCUT2D eigenvalue weighted by atomic mass is 9.87. The van der Waals surface area contributed by atoms with Crippen LogP contribution in [0.25, 0.3) is 10.1 Å². The first kappa shape index (κ1) is 14.3. The maximum absolute atomic E-state index is 6.67. The van der Waals surface area contributed by atoms with Crippen LogP contribution in [0, 0.1) is 27.7 Å². The van der Waals surface area contributed by atoms with Crippen molar-refractivity contribution >= 4 is 21.4 Å². The fourth-order valence-electron chi connectivity index (χ4n) is 3.11. The Labute approximate surface area is 130 Å². The van der Waals surface area contributed by atoms with E-state index in [0.29, 0.717) is 0 Å². The highest BCUT2D eigenvalue weighted by atomic mass is 32.1. The molecule has 3 rings (SSSR count). The Bertz CT molecular complexity index is 788. The van der Waals surface area contributed by atoms with Crippen molar-refractivity contribution in [3.05, 3.63) is 69.1 Å². The molecule has 2 N–H and O–H groups in total. The predicted octanol–water partition coefficient (Wildman–Crippen LogP) is 5.18. The number of hydrogen-bond acceptors (Lipinski definition) is 2. The Hall–Kier alpha value is -1.64. The topological polar surface area (TPSA) is 26.0 Å². The van der Waals surface area contributed by atoms with Gasteiger partial charge in [0.1, 0.15) is 0 Å². The van der Waals surface area contributed by atoms with Gasteiger partial charge >= 0.3 is 0 Å². The zero-order valence-corrected chi connectivity index (χ0v) is 13.8. The molecule has 1 nitrogen and oxygen atoms in total. The molecule has 1 unspecified atom stereocenters. The van der Waals surface area contributed by atoms with Crippen molar-refractivity contribution in [3.8, 4) is 0 Å². The van der Waals surface area contributed by atoms with Gasteiger partial charge in [0.25, 0.3) is 0 Å². The molecular formula is C19H21NS. The number of fused-ring (bicyclic) bond motifs is 1. The molecule has 1 aromatic heterocycles. The average molecular weight is 295 g/mol. The van der Waals surface area contributed by atoms with Gasteiger partial charge in [0.15, 0.2) is 0 Å². The van der Waals surface area contributed by atoms with Crippen molar-refractivity contribution in [2.75, 3.05) is 0 Å². The molecule has 2 aromatic carbocycles. The van der Waals surface area contributed by atoms with Crippen LogP contribution in [0.1, 0.15) is 39.4 Å². The zero-order valence-electron chi connectivity index (χ0n) is 13.0. The van der Waals surface area contributed by atoms with E-state index in [9.17, 15) is 0 Å². The number of benzene rings is 2. The average Bonchev–Trinajstić information content (AvgIpc) is 2.89. The Kier molecular flexibility index (Phi) is 3.60. The van der Waals surface area contributed by atoms with E-state index in [-0.39, 0.29) is 6.04 Å². The van der Waals surface area contributed by atoms with Crippen molar-refractivity contribution in [2.24, 2.45) is 5.73 Å². The van der Waals surface area contributed by atoms with Crippen molar-refractivity contribution in [2.45, 2.75) is 33.7 Å². The van der Waals surface area contributed by atoms with Crippen LogP contribution >= 0.6 is 11.3 Å². The highest BCUT2D eigenvalue weighted by Gasteiger charge is 2.19. The van der Waals surface area contributed by atoms with E-state index in [1.54, 1.807) is 11.3 Å². The quantitative estimate of drug-likeness (QED) is 0.692. The summed E-state index contributed by atoms with van der Waals surface area (Å²) in [5, 5.41) is 3.50. The Morgan fingerprint density at radius 3 is 2.24 bits per heavy atom. The van der Waals surface area contributed by atoms with Crippen LogP contribution in [0.2, 0.25) is 0 Å². The van der Waals surface area contributed by atoms with Gasteiger partial charge in [-0.1, -0.05) is 24.3 Å². The summed E-state index contributed by atoms with van der Waals surface area (Å²) in [6.45, 7) is 8.71. The highest BCUT2D eigenvalue weighted by Crippen LogP contribution is 2.36. The largest absolute Gasteiger partial charge is 0.320 e.